The molecule has 1 atom stereocenters. The van der Waals surface area contributed by atoms with Gasteiger partial charge in [0.2, 0.25) is 16.9 Å². The van der Waals surface area contributed by atoms with Crippen LogP contribution in [0, 0.1) is 5.82 Å². The Morgan fingerprint density at radius 3 is 2.22 bits per heavy atom. The Hall–Kier alpha value is -2.93. The Morgan fingerprint density at radius 1 is 1.15 bits per heavy atom. The first-order valence-corrected chi connectivity index (χ1v) is 7.89. The van der Waals surface area contributed by atoms with Crippen molar-refractivity contribution in [2.45, 2.75) is 13.0 Å². The topological polar surface area (TPSA) is 151 Å². The van der Waals surface area contributed by atoms with Gasteiger partial charge in [-0.1, -0.05) is 0 Å². The van der Waals surface area contributed by atoms with Crippen molar-refractivity contribution in [2.75, 3.05) is 36.6 Å². The van der Waals surface area contributed by atoms with Crippen molar-refractivity contribution in [1.29, 1.82) is 0 Å². The van der Waals surface area contributed by atoms with Crippen LogP contribution in [0.3, 0.4) is 0 Å². The Morgan fingerprint density at radius 2 is 1.74 bits per heavy atom. The minimum atomic E-state index is -2.17. The van der Waals surface area contributed by atoms with Gasteiger partial charge >= 0.3 is 18.3 Å². The number of amides is 3. The molecule has 1 fully saturated rings. The van der Waals surface area contributed by atoms with Crippen LogP contribution in [0.2, 0.25) is 5.28 Å². The van der Waals surface area contributed by atoms with E-state index >= 15 is 4.39 Å². The zero-order valence-electron chi connectivity index (χ0n) is 14.2. The summed E-state index contributed by atoms with van der Waals surface area (Å²) in [6, 6.07) is -0.231. The normalized spacial score (nSPS) is 17.5. The molecule has 0 spiro atoms. The Bertz CT molecular complexity index is 768. The predicted octanol–water partition coefficient (Wildman–Crippen LogP) is 1.47. The predicted molar refractivity (Wildman–Crippen MR) is 89.7 cm³/mol. The zero-order chi connectivity index (χ0) is 20.5. The van der Waals surface area contributed by atoms with E-state index in [1.165, 1.54) is 4.90 Å². The number of imide groups is 1. The van der Waals surface area contributed by atoms with E-state index < -0.39 is 40.2 Å². The second-order valence-corrected chi connectivity index (χ2v) is 6.07. The van der Waals surface area contributed by atoms with Gasteiger partial charge in [-0.05, 0) is 25.6 Å². The third-order valence-corrected chi connectivity index (χ3v) is 4.00. The summed E-state index contributed by atoms with van der Waals surface area (Å²) in [4.78, 5) is 44.5. The number of carboxylic acid groups (broad SMARTS) is 3. The van der Waals surface area contributed by atoms with Gasteiger partial charge in [0.05, 0.1) is 0 Å². The number of anilines is 2. The van der Waals surface area contributed by atoms with Crippen molar-refractivity contribution in [1.82, 2.24) is 19.9 Å². The second kappa shape index (κ2) is 7.75. The van der Waals surface area contributed by atoms with Crippen molar-refractivity contribution in [2.24, 2.45) is 0 Å². The van der Waals surface area contributed by atoms with Crippen LogP contribution in [-0.2, 0) is 0 Å². The van der Waals surface area contributed by atoms with E-state index in [-0.39, 0.29) is 16.9 Å². The molecule has 1 aromatic rings. The number of carbonyl (C=O) groups is 3. The smallest absolute Gasteiger partial charge is 0.437 e. The van der Waals surface area contributed by atoms with Gasteiger partial charge in [-0.2, -0.15) is 14.4 Å². The Kier molecular flexibility index (Phi) is 5.85. The van der Waals surface area contributed by atoms with E-state index in [9.17, 15) is 19.5 Å². The maximum atomic E-state index is 15.0. The summed E-state index contributed by atoms with van der Waals surface area (Å²) in [6.07, 6.45) is -6.44. The van der Waals surface area contributed by atoms with Crippen molar-refractivity contribution < 1.29 is 34.1 Å². The van der Waals surface area contributed by atoms with Crippen LogP contribution in [0.15, 0.2) is 0 Å². The molecule has 0 aliphatic carbocycles. The molecule has 2 heterocycles. The van der Waals surface area contributed by atoms with E-state index in [1.54, 1.807) is 6.92 Å². The molecule has 12 nitrogen and oxygen atoms in total. The summed E-state index contributed by atoms with van der Waals surface area (Å²) >= 11 is 5.77. The number of nitrogens with zero attached hydrogens (tertiary/aromatic N) is 6. The van der Waals surface area contributed by atoms with Crippen molar-refractivity contribution in [3.63, 3.8) is 0 Å². The minimum absolute atomic E-state index is 0.231. The zero-order valence-corrected chi connectivity index (χ0v) is 15.0. The first-order chi connectivity index (χ1) is 12.5. The molecule has 1 aromatic heterocycles. The summed E-state index contributed by atoms with van der Waals surface area (Å²) < 4.78 is 15.0. The molecule has 3 amide bonds. The lowest BCUT2D eigenvalue weighted by atomic mass is 10.2. The third kappa shape index (κ3) is 4.09. The van der Waals surface area contributed by atoms with Gasteiger partial charge in [0.25, 0.3) is 0 Å². The van der Waals surface area contributed by atoms with E-state index in [2.05, 4.69) is 9.97 Å². The van der Waals surface area contributed by atoms with Gasteiger partial charge in [-0.25, -0.2) is 14.4 Å². The van der Waals surface area contributed by atoms with E-state index in [1.807, 2.05) is 11.9 Å². The van der Waals surface area contributed by atoms with Crippen LogP contribution in [-0.4, -0.2) is 86.2 Å². The number of hydrogen-bond acceptors (Lipinski definition) is 7. The van der Waals surface area contributed by atoms with E-state index in [0.29, 0.717) is 19.6 Å². The van der Waals surface area contributed by atoms with Crippen LogP contribution in [0.25, 0.3) is 0 Å². The van der Waals surface area contributed by atoms with Gasteiger partial charge in [0.1, 0.15) is 0 Å². The molecule has 1 saturated heterocycles. The van der Waals surface area contributed by atoms with Crippen LogP contribution in [0.1, 0.15) is 6.92 Å². The quantitative estimate of drug-likeness (QED) is 0.486. The highest BCUT2D eigenvalue weighted by atomic mass is 35.5. The number of aromatic nitrogens is 2. The van der Waals surface area contributed by atoms with Crippen molar-refractivity contribution in [3.05, 3.63) is 11.1 Å². The van der Waals surface area contributed by atoms with Gasteiger partial charge in [0.15, 0.2) is 5.82 Å². The first kappa shape index (κ1) is 20.4. The SMILES string of the molecule is C[C@@H]1CN(C)CCN1c1nc(Cl)nc(N(C(=O)O)N(C(=O)O)C(=O)O)c1F. The van der Waals surface area contributed by atoms with Gasteiger partial charge in [-0.15, -0.1) is 10.0 Å². The summed E-state index contributed by atoms with van der Waals surface area (Å²) in [5, 5.41) is 25.7. The molecule has 0 radical (unpaired) electrons. The minimum Gasteiger partial charge on any atom is -0.463 e. The number of likely N-dealkylation sites (N-methyl/N-ethyl adjacent to an activating group) is 1. The standard InChI is InChI=1S/C13H16ClFN6O6/c1-6-5-18(2)3-4-19(6)8-7(15)9(17-10(14)16-8)20(11(22)23)21(12(24)25)13(26)27/h6H,3-5H2,1-2H3,(H,22,23)(H,24,25)(H,26,27)/t6-/m1/s1. The van der Waals surface area contributed by atoms with Crippen molar-refractivity contribution >= 4 is 41.5 Å². The molecule has 1 aliphatic heterocycles. The maximum absolute atomic E-state index is 15.0. The molecular weight excluding hydrogens is 391 g/mol. The van der Waals surface area contributed by atoms with Crippen molar-refractivity contribution in [3.8, 4) is 0 Å². The highest BCUT2D eigenvalue weighted by Crippen LogP contribution is 2.30. The summed E-state index contributed by atoms with van der Waals surface area (Å²) in [7, 11) is 1.87. The summed E-state index contributed by atoms with van der Waals surface area (Å²) in [5.74, 6) is -2.79. The Labute approximate surface area is 156 Å². The van der Waals surface area contributed by atoms with E-state index in [0.717, 1.165) is 0 Å². The van der Waals surface area contributed by atoms with Crippen LogP contribution < -0.4 is 9.91 Å². The van der Waals surface area contributed by atoms with Gasteiger partial charge in [0, 0.05) is 25.7 Å². The largest absolute Gasteiger partial charge is 0.463 e. The first-order valence-electron chi connectivity index (χ1n) is 7.51. The van der Waals surface area contributed by atoms with Crippen LogP contribution >= 0.6 is 11.6 Å². The van der Waals surface area contributed by atoms with Gasteiger partial charge < -0.3 is 25.1 Å². The number of piperazine rings is 1. The molecule has 3 N–H and O–H groups in total. The molecule has 27 heavy (non-hydrogen) atoms. The fourth-order valence-corrected chi connectivity index (χ4v) is 2.87. The van der Waals surface area contributed by atoms with Gasteiger partial charge in [-0.3, -0.25) is 0 Å². The molecule has 0 bridgehead atoms. The Balaban J connectivity index is 2.59. The monoisotopic (exact) mass is 406 g/mol. The molecule has 148 valence electrons. The van der Waals surface area contributed by atoms with Crippen LogP contribution in [0.4, 0.5) is 30.4 Å². The molecule has 14 heteroatoms. The van der Waals surface area contributed by atoms with Crippen LogP contribution in [0.5, 0.6) is 0 Å². The van der Waals surface area contributed by atoms with E-state index in [4.69, 9.17) is 21.8 Å². The fourth-order valence-electron chi connectivity index (χ4n) is 2.71. The highest BCUT2D eigenvalue weighted by molar-refractivity contribution is 6.28. The summed E-state index contributed by atoms with van der Waals surface area (Å²) in [5.41, 5.74) is 0. The molecule has 2 rings (SSSR count). The molecular formula is C13H16ClFN6O6. The maximum Gasteiger partial charge on any atom is 0.437 e. The molecule has 0 unspecified atom stereocenters. The average molecular weight is 407 g/mol. The number of hydrogen-bond donors (Lipinski definition) is 3. The lowest BCUT2D eigenvalue weighted by Gasteiger charge is -2.39. The lowest BCUT2D eigenvalue weighted by molar-refractivity contribution is 0.112. The lowest BCUT2D eigenvalue weighted by Crippen LogP contribution is -2.53. The summed E-state index contributed by atoms with van der Waals surface area (Å²) in [6.45, 7) is 3.21. The average Bonchev–Trinajstić information content (AvgIpc) is 2.54. The number of hydrazine groups is 1. The number of halogens is 2. The number of rotatable bonds is 2. The fraction of sp³-hybridized carbons (Fsp3) is 0.462. The molecule has 0 saturated carbocycles. The molecule has 0 aromatic carbocycles. The highest BCUT2D eigenvalue weighted by Gasteiger charge is 2.38. The molecule has 1 aliphatic rings. The second-order valence-electron chi connectivity index (χ2n) is 5.73. The third-order valence-electron chi connectivity index (χ3n) is 3.84.